The fourth-order valence-corrected chi connectivity index (χ4v) is 6.61. The van der Waals surface area contributed by atoms with Crippen LogP contribution in [0.2, 0.25) is 0 Å². The predicted octanol–water partition coefficient (Wildman–Crippen LogP) is 4.08. The maximum atomic E-state index is 13.3. The molecule has 0 aliphatic carbocycles. The molecule has 14 heteroatoms. The van der Waals surface area contributed by atoms with Crippen LogP contribution in [0.4, 0.5) is 23.4 Å². The number of aliphatic carboxylic acids is 1. The van der Waals surface area contributed by atoms with E-state index in [2.05, 4.69) is 25.8 Å². The molecule has 1 N–H and O–H groups in total. The fourth-order valence-electron chi connectivity index (χ4n) is 4.24. The van der Waals surface area contributed by atoms with Gasteiger partial charge in [0, 0.05) is 38.3 Å². The van der Waals surface area contributed by atoms with Crippen LogP contribution >= 0.6 is 15.9 Å². The Labute approximate surface area is 217 Å². The monoisotopic (exact) mass is 604 g/mol. The van der Waals surface area contributed by atoms with Crippen molar-refractivity contribution in [3.8, 4) is 0 Å². The second-order valence-corrected chi connectivity index (χ2v) is 11.5. The van der Waals surface area contributed by atoms with Gasteiger partial charge in [-0.3, -0.25) is 4.39 Å². The van der Waals surface area contributed by atoms with Gasteiger partial charge < -0.3 is 14.9 Å². The third kappa shape index (κ3) is 7.99. The van der Waals surface area contributed by atoms with Crippen molar-refractivity contribution >= 4 is 37.7 Å². The van der Waals surface area contributed by atoms with Gasteiger partial charge in [0.1, 0.15) is 10.7 Å². The first-order valence-corrected chi connectivity index (χ1v) is 14.0. The molecule has 206 valence electrons. The first kappa shape index (κ1) is 30.7. The minimum absolute atomic E-state index is 0.0265. The van der Waals surface area contributed by atoms with Gasteiger partial charge in [0.25, 0.3) is 0 Å². The highest BCUT2D eigenvalue weighted by atomic mass is 79.9. The fraction of sp³-hybridized carbons (Fsp3) is 0.727. The lowest BCUT2D eigenvalue weighted by Gasteiger charge is -2.25. The van der Waals surface area contributed by atoms with Crippen molar-refractivity contribution in [2.45, 2.75) is 50.6 Å². The van der Waals surface area contributed by atoms with E-state index in [1.54, 1.807) is 4.31 Å². The van der Waals surface area contributed by atoms with Gasteiger partial charge in [0.15, 0.2) is 0 Å². The summed E-state index contributed by atoms with van der Waals surface area (Å²) in [5.41, 5.74) is 0.664. The summed E-state index contributed by atoms with van der Waals surface area (Å²) >= 11 is 3.56. The molecule has 0 spiro atoms. The number of carboxylic acids is 1. The SMILES string of the molecule is CCN(CCCN1CCCC1)S(=O)(=O)c1cnc(N2CCC(CF)C2)c(Br)c1C.O=C(O)C(F)(F)F. The van der Waals surface area contributed by atoms with Crippen molar-refractivity contribution in [2.24, 2.45) is 5.92 Å². The van der Waals surface area contributed by atoms with E-state index in [0.29, 0.717) is 35.5 Å². The Morgan fingerprint density at radius 3 is 2.39 bits per heavy atom. The molecule has 0 bridgehead atoms. The van der Waals surface area contributed by atoms with E-state index < -0.39 is 22.2 Å². The lowest BCUT2D eigenvalue weighted by atomic mass is 10.1. The molecule has 0 amide bonds. The van der Waals surface area contributed by atoms with E-state index in [1.807, 2.05) is 18.7 Å². The summed E-state index contributed by atoms with van der Waals surface area (Å²) in [5.74, 6) is -2.03. The molecular formula is C22H33BrF4N4O4S. The third-order valence-corrected chi connectivity index (χ3v) is 9.33. The van der Waals surface area contributed by atoms with Crippen molar-refractivity contribution < 1.29 is 35.9 Å². The molecule has 2 saturated heterocycles. The highest BCUT2D eigenvalue weighted by molar-refractivity contribution is 9.10. The number of anilines is 1. The van der Waals surface area contributed by atoms with Crippen LogP contribution in [0.5, 0.6) is 0 Å². The summed E-state index contributed by atoms with van der Waals surface area (Å²) < 4.78 is 73.5. The average molecular weight is 605 g/mol. The molecule has 36 heavy (non-hydrogen) atoms. The van der Waals surface area contributed by atoms with E-state index in [1.165, 1.54) is 19.0 Å². The van der Waals surface area contributed by atoms with Gasteiger partial charge in [0.05, 0.1) is 11.1 Å². The number of carbonyl (C=O) groups is 1. The molecule has 0 saturated carbocycles. The number of likely N-dealkylation sites (tertiary alicyclic amines) is 1. The number of halogens is 5. The third-order valence-electron chi connectivity index (χ3n) is 6.30. The van der Waals surface area contributed by atoms with Crippen LogP contribution < -0.4 is 4.90 Å². The number of hydrogen-bond donors (Lipinski definition) is 1. The van der Waals surface area contributed by atoms with Gasteiger partial charge in [-0.15, -0.1) is 0 Å². The first-order chi connectivity index (χ1) is 16.8. The summed E-state index contributed by atoms with van der Waals surface area (Å²) in [4.78, 5) is 18.0. The van der Waals surface area contributed by atoms with Crippen LogP contribution in [0.3, 0.4) is 0 Å². The van der Waals surface area contributed by atoms with Crippen molar-refractivity contribution in [1.29, 1.82) is 0 Å². The number of alkyl halides is 4. The van der Waals surface area contributed by atoms with Crippen molar-refractivity contribution in [1.82, 2.24) is 14.2 Å². The molecule has 1 atom stereocenters. The van der Waals surface area contributed by atoms with Gasteiger partial charge >= 0.3 is 12.1 Å². The molecule has 0 aromatic carbocycles. The summed E-state index contributed by atoms with van der Waals surface area (Å²) in [7, 11) is -3.61. The first-order valence-electron chi connectivity index (χ1n) is 11.8. The van der Waals surface area contributed by atoms with Gasteiger partial charge in [-0.1, -0.05) is 6.92 Å². The molecular weight excluding hydrogens is 572 g/mol. The van der Waals surface area contributed by atoms with E-state index >= 15 is 0 Å². The van der Waals surface area contributed by atoms with E-state index in [-0.39, 0.29) is 17.5 Å². The van der Waals surface area contributed by atoms with Crippen molar-refractivity contribution in [2.75, 3.05) is 57.4 Å². The van der Waals surface area contributed by atoms with Crippen molar-refractivity contribution in [3.05, 3.63) is 16.2 Å². The molecule has 2 aliphatic heterocycles. The number of aromatic nitrogens is 1. The molecule has 1 aromatic heterocycles. The normalized spacial score (nSPS) is 19.0. The average Bonchev–Trinajstić information content (AvgIpc) is 3.50. The number of pyridine rings is 1. The van der Waals surface area contributed by atoms with Gasteiger partial charge in [-0.2, -0.15) is 17.5 Å². The van der Waals surface area contributed by atoms with Crippen LogP contribution in [0, 0.1) is 12.8 Å². The highest BCUT2D eigenvalue weighted by Crippen LogP contribution is 2.35. The number of rotatable bonds is 9. The Balaban J connectivity index is 0.000000572. The molecule has 1 aromatic rings. The second-order valence-electron chi connectivity index (χ2n) is 8.84. The maximum Gasteiger partial charge on any atom is 0.490 e. The summed E-state index contributed by atoms with van der Waals surface area (Å²) in [6, 6.07) is 0. The smallest absolute Gasteiger partial charge is 0.475 e. The van der Waals surface area contributed by atoms with Crippen LogP contribution in [0.1, 0.15) is 38.2 Å². The van der Waals surface area contributed by atoms with E-state index in [9.17, 15) is 26.0 Å². The summed E-state index contributed by atoms with van der Waals surface area (Å²) in [5, 5.41) is 7.12. The molecule has 8 nitrogen and oxygen atoms in total. The minimum Gasteiger partial charge on any atom is -0.475 e. The topological polar surface area (TPSA) is 94.1 Å². The number of nitrogens with zero attached hydrogens (tertiary/aromatic N) is 4. The molecule has 2 aliphatic rings. The predicted molar refractivity (Wildman–Crippen MR) is 131 cm³/mol. The molecule has 2 fully saturated rings. The molecule has 3 heterocycles. The Hall–Kier alpha value is -1.51. The molecule has 3 rings (SSSR count). The zero-order valence-corrected chi connectivity index (χ0v) is 22.8. The second kappa shape index (κ2) is 13.3. The molecule has 1 unspecified atom stereocenters. The molecule has 0 radical (unpaired) electrons. The Morgan fingerprint density at radius 2 is 1.89 bits per heavy atom. The van der Waals surface area contributed by atoms with Gasteiger partial charge in [-0.05, 0) is 73.7 Å². The Bertz CT molecular complexity index is 991. The minimum atomic E-state index is -5.08. The van der Waals surface area contributed by atoms with E-state index in [0.717, 1.165) is 39.0 Å². The lowest BCUT2D eigenvalue weighted by Crippen LogP contribution is -2.34. The maximum absolute atomic E-state index is 13.3. The summed E-state index contributed by atoms with van der Waals surface area (Å²) in [6.07, 6.45) is 0.493. The Kier molecular flexibility index (Phi) is 11.4. The van der Waals surface area contributed by atoms with Gasteiger partial charge in [-0.25, -0.2) is 18.2 Å². The van der Waals surface area contributed by atoms with Crippen LogP contribution in [-0.4, -0.2) is 92.3 Å². The number of sulfonamides is 1. The highest BCUT2D eigenvalue weighted by Gasteiger charge is 2.38. The van der Waals surface area contributed by atoms with Crippen LogP contribution in [0.25, 0.3) is 0 Å². The van der Waals surface area contributed by atoms with Crippen LogP contribution in [-0.2, 0) is 14.8 Å². The zero-order valence-electron chi connectivity index (χ0n) is 20.4. The largest absolute Gasteiger partial charge is 0.490 e. The van der Waals surface area contributed by atoms with Crippen LogP contribution in [0.15, 0.2) is 15.6 Å². The summed E-state index contributed by atoms with van der Waals surface area (Å²) in [6.45, 7) is 8.84. The standard InChI is InChI=1S/C20H32BrFN4O2S.C2HF3O2/c1-3-26(11-6-10-24-8-4-5-9-24)29(27,28)18-14-23-20(19(21)16(18)2)25-12-7-17(13-22)15-25;3-2(4,5)1(6)7/h14,17H,3-13,15H2,1-2H3;(H,6,7). The quantitative estimate of drug-likeness (QED) is 0.424. The van der Waals surface area contributed by atoms with Crippen molar-refractivity contribution in [3.63, 3.8) is 0 Å². The van der Waals surface area contributed by atoms with Gasteiger partial charge in [0.2, 0.25) is 10.0 Å². The lowest BCUT2D eigenvalue weighted by molar-refractivity contribution is -0.192. The number of hydrogen-bond acceptors (Lipinski definition) is 6. The number of carboxylic acid groups (broad SMARTS) is 1. The zero-order chi connectivity index (χ0) is 27.1. The Morgan fingerprint density at radius 1 is 1.28 bits per heavy atom. The van der Waals surface area contributed by atoms with E-state index in [4.69, 9.17) is 9.90 Å².